The second-order valence-corrected chi connectivity index (χ2v) is 5.46. The van der Waals surface area contributed by atoms with Gasteiger partial charge >= 0.3 is 0 Å². The van der Waals surface area contributed by atoms with E-state index in [9.17, 15) is 14.0 Å². The van der Waals surface area contributed by atoms with E-state index in [-0.39, 0.29) is 17.6 Å². The van der Waals surface area contributed by atoms with Crippen LogP contribution in [0.2, 0.25) is 0 Å². The molecule has 1 aromatic carbocycles. The number of carbonyl (C=O) groups excluding carboxylic acids is 2. The van der Waals surface area contributed by atoms with Crippen molar-refractivity contribution in [2.24, 2.45) is 0 Å². The Morgan fingerprint density at radius 1 is 1.40 bits per heavy atom. The molecule has 0 bridgehead atoms. The number of halogens is 1. The SMILES string of the molecule is CCC1(C)NC(=O)C(C)N(c2ccc(C)c(F)c2)C1=O. The number of amides is 2. The van der Waals surface area contributed by atoms with Crippen molar-refractivity contribution < 1.29 is 14.0 Å². The van der Waals surface area contributed by atoms with Crippen molar-refractivity contribution >= 4 is 17.5 Å². The van der Waals surface area contributed by atoms with Crippen LogP contribution in [-0.2, 0) is 9.59 Å². The Balaban J connectivity index is 2.48. The number of benzene rings is 1. The van der Waals surface area contributed by atoms with Gasteiger partial charge in [-0.15, -0.1) is 0 Å². The second kappa shape index (κ2) is 4.89. The quantitative estimate of drug-likeness (QED) is 0.901. The second-order valence-electron chi connectivity index (χ2n) is 5.46. The molecule has 1 fully saturated rings. The Morgan fingerprint density at radius 3 is 2.60 bits per heavy atom. The smallest absolute Gasteiger partial charge is 0.253 e. The third kappa shape index (κ3) is 2.17. The molecular formula is C15H19FN2O2. The number of aryl methyl sites for hydroxylation is 1. The highest BCUT2D eigenvalue weighted by molar-refractivity contribution is 6.10. The zero-order chi connectivity index (χ0) is 15.1. The van der Waals surface area contributed by atoms with Gasteiger partial charge in [0.1, 0.15) is 17.4 Å². The average Bonchev–Trinajstić information content (AvgIpc) is 2.41. The normalized spacial score (nSPS) is 26.6. The lowest BCUT2D eigenvalue weighted by Gasteiger charge is -2.43. The zero-order valence-electron chi connectivity index (χ0n) is 12.2. The Morgan fingerprint density at radius 2 is 2.05 bits per heavy atom. The number of piperazine rings is 1. The van der Waals surface area contributed by atoms with Gasteiger partial charge in [0.05, 0.1) is 0 Å². The van der Waals surface area contributed by atoms with Crippen molar-refractivity contribution in [3.05, 3.63) is 29.6 Å². The van der Waals surface area contributed by atoms with E-state index in [1.54, 1.807) is 32.9 Å². The minimum absolute atomic E-state index is 0.213. The van der Waals surface area contributed by atoms with Crippen LogP contribution in [0.5, 0.6) is 0 Å². The van der Waals surface area contributed by atoms with E-state index >= 15 is 0 Å². The van der Waals surface area contributed by atoms with E-state index in [4.69, 9.17) is 0 Å². The summed E-state index contributed by atoms with van der Waals surface area (Å²) in [7, 11) is 0. The molecule has 0 saturated carbocycles. The minimum atomic E-state index is -0.940. The van der Waals surface area contributed by atoms with Crippen LogP contribution in [0.3, 0.4) is 0 Å². The molecule has 1 N–H and O–H groups in total. The third-order valence-corrected chi connectivity index (χ3v) is 4.00. The standard InChI is InChI=1S/C15H19FN2O2/c1-5-15(4)14(20)18(10(3)13(19)17-15)11-7-6-9(2)12(16)8-11/h6-8,10H,5H2,1-4H3,(H,17,19). The number of nitrogens with zero attached hydrogens (tertiary/aromatic N) is 1. The monoisotopic (exact) mass is 278 g/mol. The number of hydrogen-bond donors (Lipinski definition) is 1. The number of carbonyl (C=O) groups is 2. The van der Waals surface area contributed by atoms with Gasteiger partial charge in [0, 0.05) is 5.69 Å². The van der Waals surface area contributed by atoms with Gasteiger partial charge in [-0.1, -0.05) is 13.0 Å². The lowest BCUT2D eigenvalue weighted by atomic mass is 9.91. The maximum Gasteiger partial charge on any atom is 0.253 e. The number of nitrogens with one attached hydrogen (secondary N) is 1. The summed E-state index contributed by atoms with van der Waals surface area (Å²) in [5.41, 5.74) is -0.0148. The highest BCUT2D eigenvalue weighted by Gasteiger charge is 2.46. The zero-order valence-corrected chi connectivity index (χ0v) is 12.2. The van der Waals surface area contributed by atoms with Gasteiger partial charge < -0.3 is 5.32 Å². The van der Waals surface area contributed by atoms with E-state index in [1.165, 1.54) is 11.0 Å². The molecule has 0 spiro atoms. The van der Waals surface area contributed by atoms with Crippen LogP contribution >= 0.6 is 0 Å². The molecule has 2 unspecified atom stereocenters. The topological polar surface area (TPSA) is 49.4 Å². The summed E-state index contributed by atoms with van der Waals surface area (Å²) >= 11 is 0. The van der Waals surface area contributed by atoms with Gasteiger partial charge in [0.15, 0.2) is 0 Å². The molecule has 0 radical (unpaired) electrons. The predicted molar refractivity (Wildman–Crippen MR) is 74.9 cm³/mol. The molecular weight excluding hydrogens is 259 g/mol. The van der Waals surface area contributed by atoms with E-state index in [2.05, 4.69) is 5.32 Å². The first-order chi connectivity index (χ1) is 9.30. The van der Waals surface area contributed by atoms with Crippen LogP contribution in [0.15, 0.2) is 18.2 Å². The molecule has 108 valence electrons. The van der Waals surface area contributed by atoms with Gasteiger partial charge in [-0.3, -0.25) is 14.5 Å². The first kappa shape index (κ1) is 14.5. The first-order valence-electron chi connectivity index (χ1n) is 6.72. The van der Waals surface area contributed by atoms with E-state index < -0.39 is 11.6 Å². The molecule has 1 aliphatic rings. The van der Waals surface area contributed by atoms with Crippen molar-refractivity contribution in [3.63, 3.8) is 0 Å². The Bertz CT molecular complexity index is 573. The van der Waals surface area contributed by atoms with Crippen LogP contribution in [0.4, 0.5) is 10.1 Å². The summed E-state index contributed by atoms with van der Waals surface area (Å²) in [5.74, 6) is -0.822. The molecule has 20 heavy (non-hydrogen) atoms. The van der Waals surface area contributed by atoms with Crippen molar-refractivity contribution in [1.82, 2.24) is 5.32 Å². The molecule has 0 aliphatic carbocycles. The van der Waals surface area contributed by atoms with Crippen molar-refractivity contribution in [2.45, 2.75) is 45.7 Å². The van der Waals surface area contributed by atoms with Gasteiger partial charge in [0.25, 0.3) is 5.91 Å². The molecule has 1 heterocycles. The molecule has 1 aliphatic heterocycles. The minimum Gasteiger partial charge on any atom is -0.340 e. The summed E-state index contributed by atoms with van der Waals surface area (Å²) in [6, 6.07) is 3.93. The molecule has 5 heteroatoms. The number of anilines is 1. The lowest BCUT2D eigenvalue weighted by Crippen LogP contribution is -2.68. The van der Waals surface area contributed by atoms with Gasteiger partial charge in [-0.05, 0) is 44.9 Å². The third-order valence-electron chi connectivity index (χ3n) is 4.00. The summed E-state index contributed by atoms with van der Waals surface area (Å²) in [6.45, 7) is 6.82. The molecule has 0 aromatic heterocycles. The van der Waals surface area contributed by atoms with Crippen LogP contribution in [0.25, 0.3) is 0 Å². The highest BCUT2D eigenvalue weighted by Crippen LogP contribution is 2.28. The van der Waals surface area contributed by atoms with E-state index in [0.717, 1.165) is 0 Å². The van der Waals surface area contributed by atoms with Crippen LogP contribution in [-0.4, -0.2) is 23.4 Å². The van der Waals surface area contributed by atoms with Crippen LogP contribution < -0.4 is 10.2 Å². The van der Waals surface area contributed by atoms with Gasteiger partial charge in [-0.2, -0.15) is 0 Å². The molecule has 2 amide bonds. The molecule has 1 aromatic rings. The lowest BCUT2D eigenvalue weighted by molar-refractivity contribution is -0.137. The van der Waals surface area contributed by atoms with Gasteiger partial charge in [-0.25, -0.2) is 4.39 Å². The Hall–Kier alpha value is -1.91. The maximum atomic E-state index is 13.7. The van der Waals surface area contributed by atoms with Crippen molar-refractivity contribution in [2.75, 3.05) is 4.90 Å². The van der Waals surface area contributed by atoms with E-state index in [1.807, 2.05) is 6.92 Å². The van der Waals surface area contributed by atoms with Crippen LogP contribution in [0.1, 0.15) is 32.8 Å². The average molecular weight is 278 g/mol. The predicted octanol–water partition coefficient (Wildman–Crippen LogP) is 2.15. The van der Waals surface area contributed by atoms with Crippen LogP contribution in [0, 0.1) is 12.7 Å². The Labute approximate surface area is 118 Å². The summed E-state index contributed by atoms with van der Waals surface area (Å²) in [5, 5.41) is 2.74. The van der Waals surface area contributed by atoms with Gasteiger partial charge in [0.2, 0.25) is 5.91 Å². The van der Waals surface area contributed by atoms with E-state index in [0.29, 0.717) is 17.7 Å². The molecule has 2 rings (SSSR count). The fraction of sp³-hybridized carbons (Fsp3) is 0.467. The fourth-order valence-electron chi connectivity index (χ4n) is 2.30. The molecule has 2 atom stereocenters. The fourth-order valence-corrected chi connectivity index (χ4v) is 2.30. The maximum absolute atomic E-state index is 13.7. The Kier molecular flexibility index (Phi) is 3.54. The number of hydrogen-bond acceptors (Lipinski definition) is 2. The number of rotatable bonds is 2. The first-order valence-corrected chi connectivity index (χ1v) is 6.72. The molecule has 1 saturated heterocycles. The summed E-state index contributed by atoms with van der Waals surface area (Å²) in [4.78, 5) is 26.1. The summed E-state index contributed by atoms with van der Waals surface area (Å²) < 4.78 is 13.7. The van der Waals surface area contributed by atoms with Crippen molar-refractivity contribution in [3.8, 4) is 0 Å². The summed E-state index contributed by atoms with van der Waals surface area (Å²) in [6.07, 6.45) is 0.481. The molecule has 4 nitrogen and oxygen atoms in total. The largest absolute Gasteiger partial charge is 0.340 e. The highest BCUT2D eigenvalue weighted by atomic mass is 19.1. The van der Waals surface area contributed by atoms with Crippen molar-refractivity contribution in [1.29, 1.82) is 0 Å².